The quantitative estimate of drug-likeness (QED) is 0.495. The molecular weight excluding hydrogens is 414 g/mol. The van der Waals surface area contributed by atoms with Crippen molar-refractivity contribution in [3.8, 4) is 23.0 Å². The molecule has 2 fully saturated rings. The number of nitrogens with zero attached hydrogens (tertiary/aromatic N) is 3. The van der Waals surface area contributed by atoms with Crippen molar-refractivity contribution in [1.82, 2.24) is 14.8 Å². The first kappa shape index (κ1) is 21.7. The van der Waals surface area contributed by atoms with Crippen LogP contribution in [0.15, 0.2) is 59.0 Å². The standard InChI is InChI=1S/C27H31N3O3/c1-20-25(19-29-14-6-8-21(17-29)18-30-15-7-13-26(30)31)28-27(32-20)22-9-5-12-24(16-22)33-23-10-3-2-4-11-23/h2-5,9-12,16,21H,6-8,13-15,17-19H2,1H3/t21-/m0/s1. The van der Waals surface area contributed by atoms with Gasteiger partial charge >= 0.3 is 0 Å². The molecule has 2 aromatic carbocycles. The maximum atomic E-state index is 12.0. The smallest absolute Gasteiger partial charge is 0.226 e. The summed E-state index contributed by atoms with van der Waals surface area (Å²) in [4.78, 5) is 21.4. The van der Waals surface area contributed by atoms with E-state index in [0.717, 1.165) is 80.5 Å². The van der Waals surface area contributed by atoms with E-state index >= 15 is 0 Å². The summed E-state index contributed by atoms with van der Waals surface area (Å²) in [6.45, 7) is 6.65. The lowest BCUT2D eigenvalue weighted by molar-refractivity contribution is -0.128. The number of oxazole rings is 1. The number of carbonyl (C=O) groups is 1. The van der Waals surface area contributed by atoms with Crippen LogP contribution in [0.2, 0.25) is 0 Å². The molecular formula is C27H31N3O3. The van der Waals surface area contributed by atoms with Crippen molar-refractivity contribution in [3.05, 3.63) is 66.1 Å². The van der Waals surface area contributed by atoms with Crippen molar-refractivity contribution < 1.29 is 13.9 Å². The number of ether oxygens (including phenoxy) is 1. The Bertz CT molecular complexity index is 1100. The molecule has 1 atom stereocenters. The molecule has 0 saturated carbocycles. The van der Waals surface area contributed by atoms with E-state index in [1.54, 1.807) is 0 Å². The second-order valence-corrected chi connectivity index (χ2v) is 9.15. The fourth-order valence-corrected chi connectivity index (χ4v) is 4.88. The van der Waals surface area contributed by atoms with Gasteiger partial charge < -0.3 is 14.1 Å². The molecule has 1 aromatic heterocycles. The van der Waals surface area contributed by atoms with Gasteiger partial charge in [-0.1, -0.05) is 24.3 Å². The summed E-state index contributed by atoms with van der Waals surface area (Å²) in [5.74, 6) is 3.90. The number of rotatable bonds is 7. The largest absolute Gasteiger partial charge is 0.457 e. The molecule has 1 amide bonds. The highest BCUT2D eigenvalue weighted by Crippen LogP contribution is 2.29. The van der Waals surface area contributed by atoms with Crippen LogP contribution in [0.1, 0.15) is 37.1 Å². The van der Waals surface area contributed by atoms with Crippen molar-refractivity contribution in [2.45, 2.75) is 39.2 Å². The van der Waals surface area contributed by atoms with Gasteiger partial charge in [0.1, 0.15) is 17.3 Å². The van der Waals surface area contributed by atoms with Gasteiger partial charge in [-0.2, -0.15) is 0 Å². The van der Waals surface area contributed by atoms with E-state index in [1.807, 2.05) is 61.5 Å². The van der Waals surface area contributed by atoms with Gasteiger partial charge in [0.2, 0.25) is 11.8 Å². The average Bonchev–Trinajstić information content (AvgIpc) is 3.40. The van der Waals surface area contributed by atoms with Crippen LogP contribution >= 0.6 is 0 Å². The van der Waals surface area contributed by atoms with E-state index in [1.165, 1.54) is 6.42 Å². The number of carbonyl (C=O) groups excluding carboxylic acids is 1. The zero-order valence-corrected chi connectivity index (χ0v) is 19.2. The second kappa shape index (κ2) is 9.79. The molecule has 6 nitrogen and oxygen atoms in total. The highest BCUT2D eigenvalue weighted by Gasteiger charge is 2.27. The van der Waals surface area contributed by atoms with Crippen molar-refractivity contribution in [2.75, 3.05) is 26.2 Å². The van der Waals surface area contributed by atoms with Crippen LogP contribution in [0.4, 0.5) is 0 Å². The lowest BCUT2D eigenvalue weighted by atomic mass is 9.97. The lowest BCUT2D eigenvalue weighted by Crippen LogP contribution is -2.41. The fraction of sp³-hybridized carbons (Fsp3) is 0.407. The number of amides is 1. The zero-order chi connectivity index (χ0) is 22.6. The van der Waals surface area contributed by atoms with Gasteiger partial charge in [-0.15, -0.1) is 0 Å². The summed E-state index contributed by atoms with van der Waals surface area (Å²) in [5, 5.41) is 0. The molecule has 2 aliphatic rings. The van der Waals surface area contributed by atoms with Crippen molar-refractivity contribution in [1.29, 1.82) is 0 Å². The van der Waals surface area contributed by atoms with Crippen LogP contribution in [0.3, 0.4) is 0 Å². The Morgan fingerprint density at radius 1 is 1.06 bits per heavy atom. The number of para-hydroxylation sites is 1. The number of hydrogen-bond acceptors (Lipinski definition) is 5. The minimum Gasteiger partial charge on any atom is -0.457 e. The maximum absolute atomic E-state index is 12.0. The lowest BCUT2D eigenvalue weighted by Gasteiger charge is -2.34. The first-order valence-electron chi connectivity index (χ1n) is 11.9. The first-order valence-corrected chi connectivity index (χ1v) is 11.9. The van der Waals surface area contributed by atoms with E-state index in [0.29, 0.717) is 17.7 Å². The number of aryl methyl sites for hydroxylation is 1. The molecule has 0 spiro atoms. The fourth-order valence-electron chi connectivity index (χ4n) is 4.88. The van der Waals surface area contributed by atoms with E-state index in [-0.39, 0.29) is 0 Å². The molecule has 0 radical (unpaired) electrons. The van der Waals surface area contributed by atoms with E-state index in [4.69, 9.17) is 14.1 Å². The number of likely N-dealkylation sites (tertiary alicyclic amines) is 2. The van der Waals surface area contributed by atoms with Gasteiger partial charge in [-0.3, -0.25) is 9.69 Å². The Balaban J connectivity index is 1.24. The highest BCUT2D eigenvalue weighted by atomic mass is 16.5. The molecule has 3 heterocycles. The van der Waals surface area contributed by atoms with Crippen molar-refractivity contribution >= 4 is 5.91 Å². The summed E-state index contributed by atoms with van der Waals surface area (Å²) < 4.78 is 12.0. The Labute approximate surface area is 195 Å². The van der Waals surface area contributed by atoms with E-state index < -0.39 is 0 Å². The molecule has 2 saturated heterocycles. The molecule has 0 unspecified atom stereocenters. The van der Waals surface area contributed by atoms with Gasteiger partial charge in [0.05, 0.1) is 5.69 Å². The van der Waals surface area contributed by atoms with Crippen molar-refractivity contribution in [3.63, 3.8) is 0 Å². The summed E-state index contributed by atoms with van der Waals surface area (Å²) in [6.07, 6.45) is 4.08. The Hall–Kier alpha value is -3.12. The molecule has 0 bridgehead atoms. The number of piperidine rings is 1. The summed E-state index contributed by atoms with van der Waals surface area (Å²) in [7, 11) is 0. The zero-order valence-electron chi connectivity index (χ0n) is 19.2. The third kappa shape index (κ3) is 5.28. The molecule has 2 aliphatic heterocycles. The molecule has 172 valence electrons. The van der Waals surface area contributed by atoms with E-state index in [9.17, 15) is 4.79 Å². The average molecular weight is 446 g/mol. The van der Waals surface area contributed by atoms with E-state index in [2.05, 4.69) is 9.80 Å². The molecule has 3 aromatic rings. The predicted octanol–water partition coefficient (Wildman–Crippen LogP) is 5.28. The SMILES string of the molecule is Cc1oc(-c2cccc(Oc3ccccc3)c2)nc1CN1CCC[C@H](CN2CCCC2=O)C1. The third-order valence-corrected chi connectivity index (χ3v) is 6.58. The van der Waals surface area contributed by atoms with Crippen LogP contribution in [0.25, 0.3) is 11.5 Å². The summed E-state index contributed by atoms with van der Waals surface area (Å²) >= 11 is 0. The molecule has 0 N–H and O–H groups in total. The van der Waals surface area contributed by atoms with Crippen LogP contribution in [0.5, 0.6) is 11.5 Å². The molecule has 6 heteroatoms. The van der Waals surface area contributed by atoms with Gasteiger partial charge in [-0.05, 0) is 69.0 Å². The Morgan fingerprint density at radius 3 is 2.73 bits per heavy atom. The molecule has 0 aliphatic carbocycles. The van der Waals surface area contributed by atoms with Gasteiger partial charge in [0, 0.05) is 38.2 Å². The number of benzene rings is 2. The predicted molar refractivity (Wildman–Crippen MR) is 127 cm³/mol. The minimum atomic E-state index is 0.322. The summed E-state index contributed by atoms with van der Waals surface area (Å²) in [5.41, 5.74) is 1.89. The Morgan fingerprint density at radius 2 is 1.91 bits per heavy atom. The van der Waals surface area contributed by atoms with Crippen molar-refractivity contribution in [2.24, 2.45) is 5.92 Å². The van der Waals surface area contributed by atoms with Crippen LogP contribution < -0.4 is 4.74 Å². The maximum Gasteiger partial charge on any atom is 0.226 e. The third-order valence-electron chi connectivity index (χ3n) is 6.58. The molecule has 5 rings (SSSR count). The van der Waals surface area contributed by atoms with Gasteiger partial charge in [-0.25, -0.2) is 4.98 Å². The first-order chi connectivity index (χ1) is 16.1. The number of aromatic nitrogens is 1. The topological polar surface area (TPSA) is 58.8 Å². The monoisotopic (exact) mass is 445 g/mol. The molecule has 33 heavy (non-hydrogen) atoms. The van der Waals surface area contributed by atoms with Crippen LogP contribution in [-0.2, 0) is 11.3 Å². The number of hydrogen-bond donors (Lipinski definition) is 0. The van der Waals surface area contributed by atoms with Gasteiger partial charge in [0.15, 0.2) is 0 Å². The second-order valence-electron chi connectivity index (χ2n) is 9.15. The van der Waals surface area contributed by atoms with Crippen LogP contribution in [-0.4, -0.2) is 46.9 Å². The summed E-state index contributed by atoms with van der Waals surface area (Å²) in [6, 6.07) is 17.6. The van der Waals surface area contributed by atoms with Crippen LogP contribution in [0, 0.1) is 12.8 Å². The normalized spacial score (nSPS) is 19.2. The highest BCUT2D eigenvalue weighted by molar-refractivity contribution is 5.78. The van der Waals surface area contributed by atoms with Gasteiger partial charge in [0.25, 0.3) is 0 Å². The Kier molecular flexibility index (Phi) is 6.44. The minimum absolute atomic E-state index is 0.322.